The summed E-state index contributed by atoms with van der Waals surface area (Å²) in [7, 11) is 0. The third-order valence-electron chi connectivity index (χ3n) is 2.68. The van der Waals surface area contributed by atoms with Crippen LogP contribution in [0.1, 0.15) is 28.8 Å². The number of hydrogen-bond acceptors (Lipinski definition) is 2. The van der Waals surface area contributed by atoms with Crippen LogP contribution in [0.4, 0.5) is 4.39 Å². The van der Waals surface area contributed by atoms with Crippen LogP contribution in [0.5, 0.6) is 0 Å². The average molecular weight is 224 g/mol. The van der Waals surface area contributed by atoms with Gasteiger partial charge in [0.2, 0.25) is 0 Å². The van der Waals surface area contributed by atoms with Gasteiger partial charge in [0.15, 0.2) is 5.78 Å². The molecule has 0 N–H and O–H groups in total. The van der Waals surface area contributed by atoms with Gasteiger partial charge in [-0.25, -0.2) is 4.39 Å². The maximum atomic E-state index is 13.7. The van der Waals surface area contributed by atoms with Crippen LogP contribution in [0, 0.1) is 12.7 Å². The lowest BCUT2D eigenvalue weighted by atomic mass is 10.0. The minimum atomic E-state index is -0.352. The summed E-state index contributed by atoms with van der Waals surface area (Å²) in [5.41, 5.74) is 0.804. The monoisotopic (exact) mass is 224 g/mol. The van der Waals surface area contributed by atoms with E-state index in [1.807, 2.05) is 0 Å². The lowest BCUT2D eigenvalue weighted by Crippen LogP contribution is -2.16. The average Bonchev–Trinajstić information content (AvgIpc) is 2.74. The number of halogens is 1. The summed E-state index contributed by atoms with van der Waals surface area (Å²) in [6, 6.07) is 5.02. The van der Waals surface area contributed by atoms with E-state index in [-0.39, 0.29) is 22.4 Å². The van der Waals surface area contributed by atoms with Gasteiger partial charge in [0.1, 0.15) is 5.82 Å². The van der Waals surface area contributed by atoms with Gasteiger partial charge in [-0.3, -0.25) is 4.79 Å². The van der Waals surface area contributed by atoms with Gasteiger partial charge in [-0.15, -0.1) is 0 Å². The van der Waals surface area contributed by atoms with E-state index in [4.69, 9.17) is 0 Å². The van der Waals surface area contributed by atoms with Crippen LogP contribution in [-0.2, 0) is 0 Å². The number of rotatable bonds is 2. The first-order valence-electron chi connectivity index (χ1n) is 5.11. The molecule has 1 fully saturated rings. The molecule has 0 radical (unpaired) electrons. The van der Waals surface area contributed by atoms with Crippen molar-refractivity contribution in [2.24, 2.45) is 0 Å². The van der Waals surface area contributed by atoms with E-state index in [1.165, 1.54) is 0 Å². The minimum absolute atomic E-state index is 0.0266. The number of Topliss-reactive ketones (excluding diaryl/α,β-unsaturated/α-hetero) is 1. The number of benzene rings is 1. The zero-order valence-corrected chi connectivity index (χ0v) is 9.44. The minimum Gasteiger partial charge on any atom is -0.293 e. The summed E-state index contributed by atoms with van der Waals surface area (Å²) in [5.74, 6) is 0.623. The predicted octanol–water partition coefficient (Wildman–Crippen LogP) is 3.21. The maximum Gasteiger partial charge on any atom is 0.178 e. The van der Waals surface area contributed by atoms with E-state index < -0.39 is 0 Å². The number of ketones is 1. The number of carbonyl (C=O) groups is 1. The first-order chi connectivity index (χ1) is 7.20. The molecule has 1 unspecified atom stereocenters. The molecule has 3 heteroatoms. The fourth-order valence-electron chi connectivity index (χ4n) is 1.80. The molecule has 0 saturated carbocycles. The van der Waals surface area contributed by atoms with Crippen molar-refractivity contribution in [2.45, 2.75) is 25.0 Å². The van der Waals surface area contributed by atoms with E-state index in [0.29, 0.717) is 5.56 Å². The normalized spacial score (nSPS) is 20.5. The van der Waals surface area contributed by atoms with Gasteiger partial charge < -0.3 is 0 Å². The van der Waals surface area contributed by atoms with E-state index in [9.17, 15) is 9.18 Å². The van der Waals surface area contributed by atoms with Crippen molar-refractivity contribution in [1.29, 1.82) is 0 Å². The number of aryl methyl sites for hydroxylation is 1. The molecule has 0 spiro atoms. The molecule has 1 aliphatic rings. The Morgan fingerprint density at radius 3 is 3.00 bits per heavy atom. The first-order valence-corrected chi connectivity index (χ1v) is 6.16. The molecule has 2 rings (SSSR count). The van der Waals surface area contributed by atoms with Crippen molar-refractivity contribution in [3.8, 4) is 0 Å². The molecule has 0 amide bonds. The van der Waals surface area contributed by atoms with Crippen LogP contribution in [0.3, 0.4) is 0 Å². The molecule has 1 nitrogen and oxygen atoms in total. The molecule has 15 heavy (non-hydrogen) atoms. The smallest absolute Gasteiger partial charge is 0.178 e. The van der Waals surface area contributed by atoms with Crippen molar-refractivity contribution in [2.75, 3.05) is 5.75 Å². The highest BCUT2D eigenvalue weighted by Gasteiger charge is 2.26. The molecule has 1 heterocycles. The van der Waals surface area contributed by atoms with Crippen LogP contribution in [0.15, 0.2) is 18.2 Å². The summed E-state index contributed by atoms with van der Waals surface area (Å²) in [5, 5.41) is -0.0266. The standard InChI is InChI=1S/C12H13FOS/c1-8-4-2-5-9(11(8)13)12(14)10-6-3-7-15-10/h2,4-5,10H,3,6-7H2,1H3. The first kappa shape index (κ1) is 10.7. The van der Waals surface area contributed by atoms with E-state index in [2.05, 4.69) is 0 Å². The second kappa shape index (κ2) is 4.35. The second-order valence-corrected chi connectivity index (χ2v) is 5.11. The topological polar surface area (TPSA) is 17.1 Å². The highest BCUT2D eigenvalue weighted by molar-refractivity contribution is 8.00. The quantitative estimate of drug-likeness (QED) is 0.717. The Labute approximate surface area is 93.1 Å². The lowest BCUT2D eigenvalue weighted by molar-refractivity contribution is 0.0984. The van der Waals surface area contributed by atoms with Gasteiger partial charge in [-0.2, -0.15) is 11.8 Å². The number of thioether (sulfide) groups is 1. The Hall–Kier alpha value is -0.830. The summed E-state index contributed by atoms with van der Waals surface area (Å²) < 4.78 is 13.7. The van der Waals surface area contributed by atoms with Gasteiger partial charge in [0, 0.05) is 0 Å². The van der Waals surface area contributed by atoms with Crippen molar-refractivity contribution < 1.29 is 9.18 Å². The summed E-state index contributed by atoms with van der Waals surface area (Å²) in [6.45, 7) is 1.69. The third-order valence-corrected chi connectivity index (χ3v) is 4.06. The highest BCUT2D eigenvalue weighted by Crippen LogP contribution is 2.30. The molecule has 80 valence electrons. The van der Waals surface area contributed by atoms with Crippen molar-refractivity contribution in [3.05, 3.63) is 35.1 Å². The predicted molar refractivity (Wildman–Crippen MR) is 60.9 cm³/mol. The SMILES string of the molecule is Cc1cccc(C(=O)C2CCCS2)c1F. The van der Waals surface area contributed by atoms with Gasteiger partial charge in [0.05, 0.1) is 10.8 Å². The fourth-order valence-corrected chi connectivity index (χ4v) is 3.03. The zero-order valence-electron chi connectivity index (χ0n) is 8.63. The molecular weight excluding hydrogens is 211 g/mol. The van der Waals surface area contributed by atoms with Gasteiger partial charge >= 0.3 is 0 Å². The van der Waals surface area contributed by atoms with E-state index in [1.54, 1.807) is 36.9 Å². The largest absolute Gasteiger partial charge is 0.293 e. The van der Waals surface area contributed by atoms with E-state index >= 15 is 0 Å². The lowest BCUT2D eigenvalue weighted by Gasteiger charge is -2.09. The Balaban J connectivity index is 2.28. The van der Waals surface area contributed by atoms with Crippen LogP contribution in [0.2, 0.25) is 0 Å². The molecule has 0 bridgehead atoms. The molecule has 1 aliphatic heterocycles. The van der Waals surface area contributed by atoms with Crippen LogP contribution < -0.4 is 0 Å². The molecule has 0 aromatic heterocycles. The van der Waals surface area contributed by atoms with Crippen molar-refractivity contribution >= 4 is 17.5 Å². The van der Waals surface area contributed by atoms with Crippen LogP contribution >= 0.6 is 11.8 Å². The van der Waals surface area contributed by atoms with Crippen molar-refractivity contribution in [3.63, 3.8) is 0 Å². The third kappa shape index (κ3) is 2.07. The number of carbonyl (C=O) groups excluding carboxylic acids is 1. The zero-order chi connectivity index (χ0) is 10.8. The van der Waals surface area contributed by atoms with Crippen LogP contribution in [0.25, 0.3) is 0 Å². The Bertz CT molecular complexity index is 383. The van der Waals surface area contributed by atoms with Crippen LogP contribution in [-0.4, -0.2) is 16.8 Å². The molecule has 0 aliphatic carbocycles. The molecule has 1 aromatic rings. The van der Waals surface area contributed by atoms with E-state index in [0.717, 1.165) is 18.6 Å². The van der Waals surface area contributed by atoms with Gasteiger partial charge in [0.25, 0.3) is 0 Å². The molecule has 1 aromatic carbocycles. The Morgan fingerprint density at radius 2 is 2.33 bits per heavy atom. The highest BCUT2D eigenvalue weighted by atomic mass is 32.2. The summed E-state index contributed by atoms with van der Waals surface area (Å²) in [4.78, 5) is 12.0. The summed E-state index contributed by atoms with van der Waals surface area (Å²) in [6.07, 6.45) is 1.95. The second-order valence-electron chi connectivity index (χ2n) is 3.80. The number of hydrogen-bond donors (Lipinski definition) is 0. The Kier molecular flexibility index (Phi) is 3.10. The molecule has 1 atom stereocenters. The van der Waals surface area contributed by atoms with Crippen molar-refractivity contribution in [1.82, 2.24) is 0 Å². The van der Waals surface area contributed by atoms with Gasteiger partial charge in [-0.1, -0.05) is 12.1 Å². The molecular formula is C12H13FOS. The molecule has 1 saturated heterocycles. The Morgan fingerprint density at radius 1 is 1.53 bits per heavy atom. The fraction of sp³-hybridized carbons (Fsp3) is 0.417. The summed E-state index contributed by atoms with van der Waals surface area (Å²) >= 11 is 1.64. The maximum absolute atomic E-state index is 13.7. The van der Waals surface area contributed by atoms with Gasteiger partial charge in [-0.05, 0) is 37.1 Å².